The molecule has 16 heavy (non-hydrogen) atoms. The molecule has 0 radical (unpaired) electrons. The molecule has 0 atom stereocenters. The van der Waals surface area contributed by atoms with E-state index in [9.17, 15) is 0 Å². The van der Waals surface area contributed by atoms with Crippen molar-refractivity contribution in [3.63, 3.8) is 0 Å². The second-order valence-corrected chi connectivity index (χ2v) is 6.81. The van der Waals surface area contributed by atoms with Crippen molar-refractivity contribution in [1.82, 2.24) is 5.32 Å². The van der Waals surface area contributed by atoms with E-state index in [1.54, 1.807) is 0 Å². The first-order valence-electron chi connectivity index (χ1n) is 6.18. The first-order valence-corrected chi connectivity index (χ1v) is 7.85. The highest BCUT2D eigenvalue weighted by atomic mass is 79.9. The van der Waals surface area contributed by atoms with Crippen LogP contribution in [0, 0.1) is 5.41 Å². The van der Waals surface area contributed by atoms with Gasteiger partial charge in [-0.2, -0.15) is 0 Å². The van der Waals surface area contributed by atoms with Crippen molar-refractivity contribution in [2.75, 3.05) is 6.54 Å². The van der Waals surface area contributed by atoms with Gasteiger partial charge in [-0.3, -0.25) is 0 Å². The second kappa shape index (κ2) is 5.65. The minimum atomic E-state index is 0.606. The summed E-state index contributed by atoms with van der Waals surface area (Å²) in [7, 11) is 0. The fourth-order valence-corrected chi connectivity index (χ4v) is 4.10. The monoisotopic (exact) mass is 301 g/mol. The maximum absolute atomic E-state index is 3.64. The number of hydrogen-bond acceptors (Lipinski definition) is 2. The quantitative estimate of drug-likeness (QED) is 0.840. The van der Waals surface area contributed by atoms with Gasteiger partial charge in [0.1, 0.15) is 0 Å². The molecule has 1 fully saturated rings. The van der Waals surface area contributed by atoms with Crippen LogP contribution < -0.4 is 5.32 Å². The number of thiophene rings is 1. The Balaban J connectivity index is 1.78. The standard InChI is InChI=1S/C13H20BrNS/c1-2-13(5-3-4-6-13)10-15-8-12-7-11(14)9-16-12/h7,9,15H,2-6,8,10H2,1H3. The maximum atomic E-state index is 3.64. The molecule has 1 heterocycles. The molecule has 1 N–H and O–H groups in total. The summed E-state index contributed by atoms with van der Waals surface area (Å²) in [6.45, 7) is 4.56. The van der Waals surface area contributed by atoms with Crippen LogP contribution >= 0.6 is 27.3 Å². The largest absolute Gasteiger partial charge is 0.311 e. The molecule has 0 spiro atoms. The van der Waals surface area contributed by atoms with E-state index in [0.29, 0.717) is 5.41 Å². The fraction of sp³-hybridized carbons (Fsp3) is 0.692. The molecule has 0 aliphatic heterocycles. The van der Waals surface area contributed by atoms with Gasteiger partial charge in [0, 0.05) is 27.8 Å². The van der Waals surface area contributed by atoms with Crippen LogP contribution in [-0.4, -0.2) is 6.54 Å². The van der Waals surface area contributed by atoms with Gasteiger partial charge in [0.2, 0.25) is 0 Å². The lowest BCUT2D eigenvalue weighted by Crippen LogP contribution is -2.31. The third kappa shape index (κ3) is 3.08. The highest BCUT2D eigenvalue weighted by Crippen LogP contribution is 2.40. The number of halogens is 1. The van der Waals surface area contributed by atoms with Gasteiger partial charge < -0.3 is 5.32 Å². The molecule has 1 aliphatic carbocycles. The lowest BCUT2D eigenvalue weighted by atomic mass is 9.83. The normalized spacial score (nSPS) is 19.1. The molecule has 1 aromatic rings. The average molecular weight is 302 g/mol. The van der Waals surface area contributed by atoms with Crippen LogP contribution in [0.1, 0.15) is 43.9 Å². The molecule has 1 aliphatic rings. The van der Waals surface area contributed by atoms with Crippen LogP contribution in [0.5, 0.6) is 0 Å². The van der Waals surface area contributed by atoms with E-state index in [-0.39, 0.29) is 0 Å². The zero-order valence-corrected chi connectivity index (χ0v) is 12.3. The molecule has 1 aromatic heterocycles. The van der Waals surface area contributed by atoms with E-state index in [4.69, 9.17) is 0 Å². The summed E-state index contributed by atoms with van der Waals surface area (Å²) < 4.78 is 1.21. The molecule has 1 nitrogen and oxygen atoms in total. The third-order valence-corrected chi connectivity index (χ3v) is 5.53. The zero-order valence-electron chi connectivity index (χ0n) is 9.89. The molecular formula is C13H20BrNS. The Morgan fingerprint density at radius 3 is 2.75 bits per heavy atom. The molecule has 0 saturated heterocycles. The van der Waals surface area contributed by atoms with Crippen molar-refractivity contribution < 1.29 is 0 Å². The van der Waals surface area contributed by atoms with E-state index in [1.807, 2.05) is 11.3 Å². The predicted molar refractivity (Wildman–Crippen MR) is 74.9 cm³/mol. The van der Waals surface area contributed by atoms with Gasteiger partial charge in [-0.1, -0.05) is 19.8 Å². The van der Waals surface area contributed by atoms with Gasteiger partial charge in [-0.15, -0.1) is 11.3 Å². The SMILES string of the molecule is CCC1(CNCc2cc(Br)cs2)CCCC1. The minimum absolute atomic E-state index is 0.606. The summed E-state index contributed by atoms with van der Waals surface area (Å²) in [5.41, 5.74) is 0.606. The molecule has 0 unspecified atom stereocenters. The summed E-state index contributed by atoms with van der Waals surface area (Å²) in [6, 6.07) is 2.21. The van der Waals surface area contributed by atoms with E-state index < -0.39 is 0 Å². The Morgan fingerprint density at radius 2 is 2.19 bits per heavy atom. The van der Waals surface area contributed by atoms with Gasteiger partial charge in [-0.05, 0) is 46.7 Å². The highest BCUT2D eigenvalue weighted by Gasteiger charge is 2.31. The summed E-state index contributed by atoms with van der Waals surface area (Å²) >= 11 is 5.33. The van der Waals surface area contributed by atoms with Crippen molar-refractivity contribution in [3.8, 4) is 0 Å². The van der Waals surface area contributed by atoms with Gasteiger partial charge in [0.05, 0.1) is 0 Å². The first kappa shape index (κ1) is 12.6. The average Bonchev–Trinajstić information content (AvgIpc) is 2.89. The van der Waals surface area contributed by atoms with Crippen molar-refractivity contribution in [2.45, 2.75) is 45.6 Å². The van der Waals surface area contributed by atoms with Crippen LogP contribution in [0.2, 0.25) is 0 Å². The Hall–Kier alpha value is 0.140. The Labute approximate surface area is 111 Å². The second-order valence-electron chi connectivity index (χ2n) is 4.90. The predicted octanol–water partition coefficient (Wildman–Crippen LogP) is 4.57. The van der Waals surface area contributed by atoms with Crippen LogP contribution in [0.3, 0.4) is 0 Å². The van der Waals surface area contributed by atoms with Crippen molar-refractivity contribution in [3.05, 3.63) is 20.8 Å². The number of hydrogen-bond donors (Lipinski definition) is 1. The van der Waals surface area contributed by atoms with Crippen LogP contribution in [-0.2, 0) is 6.54 Å². The minimum Gasteiger partial charge on any atom is -0.311 e. The smallest absolute Gasteiger partial charge is 0.0300 e. The summed E-state index contributed by atoms with van der Waals surface area (Å²) in [4.78, 5) is 1.43. The maximum Gasteiger partial charge on any atom is 0.0300 e. The summed E-state index contributed by atoms with van der Waals surface area (Å²) in [5.74, 6) is 0. The van der Waals surface area contributed by atoms with Crippen molar-refractivity contribution in [1.29, 1.82) is 0 Å². The van der Waals surface area contributed by atoms with Gasteiger partial charge in [-0.25, -0.2) is 0 Å². The molecule has 0 bridgehead atoms. The van der Waals surface area contributed by atoms with Gasteiger partial charge in [0.25, 0.3) is 0 Å². The zero-order chi connectivity index (χ0) is 11.4. The van der Waals surface area contributed by atoms with Crippen LogP contribution in [0.25, 0.3) is 0 Å². The van der Waals surface area contributed by atoms with E-state index in [0.717, 1.165) is 6.54 Å². The Morgan fingerprint density at radius 1 is 1.44 bits per heavy atom. The summed E-state index contributed by atoms with van der Waals surface area (Å²) in [6.07, 6.45) is 7.03. The molecular weight excluding hydrogens is 282 g/mol. The number of nitrogens with one attached hydrogen (secondary N) is 1. The van der Waals surface area contributed by atoms with Crippen molar-refractivity contribution >= 4 is 27.3 Å². The third-order valence-electron chi connectivity index (χ3n) is 3.84. The topological polar surface area (TPSA) is 12.0 Å². The highest BCUT2D eigenvalue weighted by molar-refractivity contribution is 9.10. The molecule has 0 aromatic carbocycles. The molecule has 1 saturated carbocycles. The number of rotatable bonds is 5. The van der Waals surface area contributed by atoms with Crippen LogP contribution in [0.15, 0.2) is 15.9 Å². The Bertz CT molecular complexity index is 328. The van der Waals surface area contributed by atoms with Crippen LogP contribution in [0.4, 0.5) is 0 Å². The molecule has 2 rings (SSSR count). The lowest BCUT2D eigenvalue weighted by Gasteiger charge is -2.27. The van der Waals surface area contributed by atoms with Gasteiger partial charge >= 0.3 is 0 Å². The van der Waals surface area contributed by atoms with E-state index in [2.05, 4.69) is 39.6 Å². The molecule has 90 valence electrons. The first-order chi connectivity index (χ1) is 7.74. The summed E-state index contributed by atoms with van der Waals surface area (Å²) in [5, 5.41) is 5.79. The molecule has 3 heteroatoms. The van der Waals surface area contributed by atoms with E-state index in [1.165, 1.54) is 48.0 Å². The van der Waals surface area contributed by atoms with E-state index >= 15 is 0 Å². The fourth-order valence-electron chi connectivity index (χ4n) is 2.68. The van der Waals surface area contributed by atoms with Crippen molar-refractivity contribution in [2.24, 2.45) is 5.41 Å². The molecule has 0 amide bonds. The van der Waals surface area contributed by atoms with Gasteiger partial charge in [0.15, 0.2) is 0 Å². The Kier molecular flexibility index (Phi) is 4.45. The lowest BCUT2D eigenvalue weighted by molar-refractivity contribution is 0.268.